The molecule has 0 aliphatic carbocycles. The molecule has 1 heteroatoms. The maximum Gasteiger partial charge on any atom is 0.0463 e. The predicted molar refractivity (Wildman–Crippen MR) is 46.6 cm³/mol. The van der Waals surface area contributed by atoms with E-state index in [9.17, 15) is 0 Å². The molecule has 0 saturated heterocycles. The van der Waals surface area contributed by atoms with Gasteiger partial charge in [-0.25, -0.2) is 0 Å². The van der Waals surface area contributed by atoms with Crippen molar-refractivity contribution in [2.75, 3.05) is 0 Å². The second kappa shape index (κ2) is 2.12. The molecule has 0 saturated carbocycles. The topological polar surface area (TPSA) is 15.8 Å². The third-order valence-electron chi connectivity index (χ3n) is 2.18. The van der Waals surface area contributed by atoms with Gasteiger partial charge in [-0.1, -0.05) is 6.07 Å². The summed E-state index contributed by atoms with van der Waals surface area (Å²) in [6.45, 7) is 4.25. The first kappa shape index (κ1) is 6.47. The number of rotatable bonds is 0. The number of aromatic nitrogens is 1. The molecule has 1 nitrogen and oxygen atoms in total. The number of hydrogen-bond acceptors (Lipinski definition) is 0. The number of fused-ring (bicyclic) bond motifs is 1. The first-order chi connectivity index (χ1) is 5.29. The zero-order valence-corrected chi connectivity index (χ0v) is 6.73. The molecule has 2 aromatic rings. The Morgan fingerprint density at radius 1 is 1.27 bits per heavy atom. The van der Waals surface area contributed by atoms with Crippen LogP contribution in [0.3, 0.4) is 0 Å². The van der Waals surface area contributed by atoms with E-state index in [1.807, 2.05) is 6.20 Å². The van der Waals surface area contributed by atoms with Gasteiger partial charge in [-0.3, -0.25) is 0 Å². The van der Waals surface area contributed by atoms with Crippen molar-refractivity contribution >= 4 is 10.9 Å². The summed E-state index contributed by atoms with van der Waals surface area (Å²) in [7, 11) is 0. The number of aromatic amines is 1. The van der Waals surface area contributed by atoms with Crippen LogP contribution in [-0.2, 0) is 0 Å². The van der Waals surface area contributed by atoms with Crippen molar-refractivity contribution in [1.82, 2.24) is 4.98 Å². The van der Waals surface area contributed by atoms with Crippen molar-refractivity contribution in [3.63, 3.8) is 0 Å². The van der Waals surface area contributed by atoms with Crippen LogP contribution in [0.4, 0.5) is 0 Å². The van der Waals surface area contributed by atoms with Gasteiger partial charge < -0.3 is 4.98 Å². The number of aryl methyl sites for hydroxylation is 2. The van der Waals surface area contributed by atoms with Crippen LogP contribution in [0.15, 0.2) is 18.3 Å². The Kier molecular flexibility index (Phi) is 1.25. The van der Waals surface area contributed by atoms with Crippen LogP contribution in [-0.4, -0.2) is 4.98 Å². The summed E-state index contributed by atoms with van der Waals surface area (Å²) in [5, 5.41) is 1.21. The molecule has 1 heterocycles. The second-order valence-electron chi connectivity index (χ2n) is 2.86. The first-order valence-electron chi connectivity index (χ1n) is 3.74. The van der Waals surface area contributed by atoms with Gasteiger partial charge in [0, 0.05) is 23.2 Å². The molecule has 1 aromatic carbocycles. The lowest BCUT2D eigenvalue weighted by Gasteiger charge is -1.99. The lowest BCUT2D eigenvalue weighted by Crippen LogP contribution is -1.80. The molecule has 0 unspecified atom stereocenters. The number of nitrogens with one attached hydrogen (secondary N) is 1. The summed E-state index contributed by atoms with van der Waals surface area (Å²) in [5.41, 5.74) is 3.82. The maximum atomic E-state index is 3.17. The van der Waals surface area contributed by atoms with Crippen LogP contribution in [0.5, 0.6) is 0 Å². The van der Waals surface area contributed by atoms with Gasteiger partial charge in [-0.05, 0) is 31.0 Å². The van der Waals surface area contributed by atoms with E-state index in [1.165, 1.54) is 22.0 Å². The fourth-order valence-electron chi connectivity index (χ4n) is 1.31. The van der Waals surface area contributed by atoms with Crippen molar-refractivity contribution in [2.45, 2.75) is 13.8 Å². The highest BCUT2D eigenvalue weighted by molar-refractivity contribution is 5.83. The normalized spacial score (nSPS) is 10.7. The Morgan fingerprint density at radius 3 is 2.91 bits per heavy atom. The van der Waals surface area contributed by atoms with E-state index in [0.29, 0.717) is 0 Å². The molecular weight excluding hydrogens is 134 g/mol. The molecule has 55 valence electrons. The standard InChI is InChI=1S/C10H10N/c1-7-3-4-10-9(8(7)2)5-6-11-10/h3-4,6,11H,1-2H3. The van der Waals surface area contributed by atoms with Gasteiger partial charge in [0.2, 0.25) is 0 Å². The van der Waals surface area contributed by atoms with Gasteiger partial charge in [0.1, 0.15) is 0 Å². The van der Waals surface area contributed by atoms with E-state index >= 15 is 0 Å². The van der Waals surface area contributed by atoms with Crippen molar-refractivity contribution in [3.05, 3.63) is 35.5 Å². The Balaban J connectivity index is 2.93. The molecule has 0 fully saturated rings. The molecule has 0 amide bonds. The van der Waals surface area contributed by atoms with Gasteiger partial charge in [0.05, 0.1) is 0 Å². The Labute approximate surface area is 66.1 Å². The minimum Gasteiger partial charge on any atom is -0.361 e. The largest absolute Gasteiger partial charge is 0.361 e. The second-order valence-corrected chi connectivity index (χ2v) is 2.86. The summed E-state index contributed by atoms with van der Waals surface area (Å²) in [5.74, 6) is 0. The van der Waals surface area contributed by atoms with Gasteiger partial charge in [-0.15, -0.1) is 0 Å². The molecule has 2 rings (SSSR count). The molecule has 11 heavy (non-hydrogen) atoms. The van der Waals surface area contributed by atoms with Gasteiger partial charge in [-0.2, -0.15) is 0 Å². The van der Waals surface area contributed by atoms with Crippen molar-refractivity contribution in [3.8, 4) is 0 Å². The van der Waals surface area contributed by atoms with Crippen molar-refractivity contribution in [2.24, 2.45) is 0 Å². The van der Waals surface area contributed by atoms with Crippen LogP contribution >= 0.6 is 0 Å². The zero-order chi connectivity index (χ0) is 7.84. The molecule has 0 aliphatic heterocycles. The van der Waals surface area contributed by atoms with Gasteiger partial charge in [0.15, 0.2) is 0 Å². The number of H-pyrrole nitrogens is 1. The van der Waals surface area contributed by atoms with Crippen LogP contribution in [0.25, 0.3) is 10.9 Å². The molecule has 1 radical (unpaired) electrons. The smallest absolute Gasteiger partial charge is 0.0463 e. The molecule has 0 spiro atoms. The quantitative estimate of drug-likeness (QED) is 0.585. The first-order valence-corrected chi connectivity index (χ1v) is 3.74. The van der Waals surface area contributed by atoms with Crippen molar-refractivity contribution < 1.29 is 0 Å². The minimum absolute atomic E-state index is 1.17. The third-order valence-corrected chi connectivity index (χ3v) is 2.18. The van der Waals surface area contributed by atoms with Crippen molar-refractivity contribution in [1.29, 1.82) is 0 Å². The van der Waals surface area contributed by atoms with Crippen LogP contribution < -0.4 is 0 Å². The van der Waals surface area contributed by atoms with E-state index in [2.05, 4.69) is 37.0 Å². The molecule has 1 N–H and O–H groups in total. The summed E-state index contributed by atoms with van der Waals surface area (Å²) in [6.07, 6.45) is 1.86. The summed E-state index contributed by atoms with van der Waals surface area (Å²) >= 11 is 0. The monoisotopic (exact) mass is 144 g/mol. The summed E-state index contributed by atoms with van der Waals surface area (Å²) in [6, 6.07) is 7.39. The van der Waals surface area contributed by atoms with Crippen LogP contribution in [0.1, 0.15) is 11.1 Å². The lowest BCUT2D eigenvalue weighted by atomic mass is 10.1. The number of benzene rings is 1. The molecule has 0 aliphatic rings. The van der Waals surface area contributed by atoms with Crippen LogP contribution in [0, 0.1) is 19.9 Å². The molecule has 0 bridgehead atoms. The Bertz CT molecular complexity index is 385. The third kappa shape index (κ3) is 0.845. The highest BCUT2D eigenvalue weighted by Gasteiger charge is 1.99. The molecule has 0 atom stereocenters. The zero-order valence-electron chi connectivity index (χ0n) is 6.73. The highest BCUT2D eigenvalue weighted by atomic mass is 14.7. The fourth-order valence-corrected chi connectivity index (χ4v) is 1.31. The van der Waals surface area contributed by atoms with Gasteiger partial charge in [0.25, 0.3) is 0 Å². The minimum atomic E-state index is 1.17. The fraction of sp³-hybridized carbons (Fsp3) is 0.200. The summed E-state index contributed by atoms with van der Waals surface area (Å²) in [4.78, 5) is 3.13. The van der Waals surface area contributed by atoms with E-state index in [1.54, 1.807) is 0 Å². The highest BCUT2D eigenvalue weighted by Crippen LogP contribution is 2.18. The average Bonchev–Trinajstić information content (AvgIpc) is 2.45. The van der Waals surface area contributed by atoms with E-state index in [-0.39, 0.29) is 0 Å². The van der Waals surface area contributed by atoms with E-state index in [0.717, 1.165) is 0 Å². The van der Waals surface area contributed by atoms with Crippen LogP contribution in [0.2, 0.25) is 0 Å². The predicted octanol–water partition coefficient (Wildman–Crippen LogP) is 2.58. The lowest BCUT2D eigenvalue weighted by molar-refractivity contribution is 1.37. The maximum absolute atomic E-state index is 3.17. The summed E-state index contributed by atoms with van der Waals surface area (Å²) < 4.78 is 0. The average molecular weight is 144 g/mol. The van der Waals surface area contributed by atoms with E-state index in [4.69, 9.17) is 0 Å². The van der Waals surface area contributed by atoms with Gasteiger partial charge >= 0.3 is 0 Å². The molecule has 1 aromatic heterocycles. The van der Waals surface area contributed by atoms with E-state index < -0.39 is 0 Å². The number of hydrogen-bond donors (Lipinski definition) is 1. The Morgan fingerprint density at radius 2 is 2.09 bits per heavy atom. The SMILES string of the molecule is Cc1ccc2[nH]c[c]c2c1C. The Hall–Kier alpha value is -1.24. The molecular formula is C10H10N.